The lowest BCUT2D eigenvalue weighted by atomic mass is 9.91. The summed E-state index contributed by atoms with van der Waals surface area (Å²) in [6.07, 6.45) is 3.45. The molecule has 0 aromatic rings. The van der Waals surface area contributed by atoms with Crippen LogP contribution in [0.4, 0.5) is 4.79 Å². The number of rotatable bonds is 7. The van der Waals surface area contributed by atoms with Crippen LogP contribution in [0.3, 0.4) is 0 Å². The van der Waals surface area contributed by atoms with Gasteiger partial charge in [0.2, 0.25) is 5.91 Å². The first kappa shape index (κ1) is 23.0. The molecule has 1 unspecified atom stereocenters. The van der Waals surface area contributed by atoms with Gasteiger partial charge in [-0.05, 0) is 64.9 Å². The van der Waals surface area contributed by atoms with Gasteiger partial charge in [-0.3, -0.25) is 4.79 Å². The SMILES string of the molecule is C=C(C)C(C(=O)O)N(C)C(=O)CCCC1CCN(C(=O)OC(C)(C)C)CC1. The van der Waals surface area contributed by atoms with E-state index in [9.17, 15) is 19.5 Å². The number of carboxylic acid groups (broad SMARTS) is 1. The van der Waals surface area contributed by atoms with Crippen LogP contribution in [0.25, 0.3) is 0 Å². The minimum Gasteiger partial charge on any atom is -0.479 e. The summed E-state index contributed by atoms with van der Waals surface area (Å²) in [5.74, 6) is -0.775. The van der Waals surface area contributed by atoms with Crippen molar-refractivity contribution in [1.29, 1.82) is 0 Å². The molecule has 0 bridgehead atoms. The van der Waals surface area contributed by atoms with Crippen LogP contribution in [0, 0.1) is 5.92 Å². The van der Waals surface area contributed by atoms with Gasteiger partial charge < -0.3 is 19.6 Å². The number of hydrogen-bond acceptors (Lipinski definition) is 4. The Balaban J connectivity index is 2.36. The molecule has 0 aromatic heterocycles. The summed E-state index contributed by atoms with van der Waals surface area (Å²) in [6.45, 7) is 12.2. The van der Waals surface area contributed by atoms with E-state index in [4.69, 9.17) is 4.74 Å². The zero-order chi connectivity index (χ0) is 20.8. The summed E-state index contributed by atoms with van der Waals surface area (Å²) in [4.78, 5) is 38.6. The van der Waals surface area contributed by atoms with Crippen molar-refractivity contribution >= 4 is 18.0 Å². The summed E-state index contributed by atoms with van der Waals surface area (Å²) in [6, 6.07) is -0.977. The van der Waals surface area contributed by atoms with E-state index in [2.05, 4.69) is 6.58 Å². The van der Waals surface area contributed by atoms with Gasteiger partial charge in [-0.1, -0.05) is 6.58 Å². The molecule has 1 fully saturated rings. The monoisotopic (exact) mass is 382 g/mol. The van der Waals surface area contributed by atoms with Crippen LogP contribution < -0.4 is 0 Å². The molecule has 1 atom stereocenters. The van der Waals surface area contributed by atoms with Crippen molar-refractivity contribution in [2.24, 2.45) is 5.92 Å². The molecular formula is C20H34N2O5. The third-order valence-corrected chi connectivity index (χ3v) is 4.75. The average Bonchev–Trinajstić information content (AvgIpc) is 2.52. The second-order valence-corrected chi connectivity index (χ2v) is 8.39. The van der Waals surface area contributed by atoms with Crippen LogP contribution in [0.5, 0.6) is 0 Å². The number of piperidine rings is 1. The van der Waals surface area contributed by atoms with Crippen LogP contribution in [0.15, 0.2) is 12.2 Å². The molecule has 27 heavy (non-hydrogen) atoms. The van der Waals surface area contributed by atoms with Crippen molar-refractivity contribution in [3.05, 3.63) is 12.2 Å². The highest BCUT2D eigenvalue weighted by molar-refractivity contribution is 5.85. The Bertz CT molecular complexity index is 545. The smallest absolute Gasteiger partial charge is 0.410 e. The number of likely N-dealkylation sites (N-methyl/N-ethyl adjacent to an activating group) is 1. The lowest BCUT2D eigenvalue weighted by molar-refractivity contribution is -0.147. The van der Waals surface area contributed by atoms with Crippen LogP contribution in [0.2, 0.25) is 0 Å². The number of ether oxygens (including phenoxy) is 1. The molecule has 1 aliphatic heterocycles. The van der Waals surface area contributed by atoms with Crippen LogP contribution >= 0.6 is 0 Å². The van der Waals surface area contributed by atoms with Crippen LogP contribution in [-0.2, 0) is 14.3 Å². The number of carbonyl (C=O) groups is 3. The molecule has 0 aromatic carbocycles. The van der Waals surface area contributed by atoms with Crippen molar-refractivity contribution in [1.82, 2.24) is 9.80 Å². The molecule has 7 nitrogen and oxygen atoms in total. The molecule has 0 saturated carbocycles. The molecule has 1 aliphatic rings. The molecule has 0 radical (unpaired) electrons. The van der Waals surface area contributed by atoms with Crippen molar-refractivity contribution < 1.29 is 24.2 Å². The zero-order valence-electron chi connectivity index (χ0n) is 17.3. The number of aliphatic carboxylic acids is 1. The Morgan fingerprint density at radius 2 is 1.81 bits per heavy atom. The van der Waals surface area contributed by atoms with Gasteiger partial charge in [0.05, 0.1) is 0 Å². The van der Waals surface area contributed by atoms with E-state index in [1.165, 1.54) is 11.9 Å². The third kappa shape index (κ3) is 7.61. The molecule has 1 heterocycles. The topological polar surface area (TPSA) is 87.2 Å². The fourth-order valence-corrected chi connectivity index (χ4v) is 3.30. The standard InChI is InChI=1S/C20H34N2O5/c1-14(2)17(18(24)25)21(6)16(23)9-7-8-15-10-12-22(13-11-15)19(26)27-20(3,4)5/h15,17H,1,7-13H2,2-6H3,(H,24,25). The molecule has 7 heteroatoms. The second kappa shape index (κ2) is 9.76. The second-order valence-electron chi connectivity index (χ2n) is 8.39. The Labute approximate surface area is 162 Å². The zero-order valence-corrected chi connectivity index (χ0v) is 17.3. The van der Waals surface area contributed by atoms with Crippen molar-refractivity contribution in [3.63, 3.8) is 0 Å². The van der Waals surface area contributed by atoms with E-state index in [1.54, 1.807) is 11.8 Å². The fourth-order valence-electron chi connectivity index (χ4n) is 3.30. The van der Waals surface area contributed by atoms with Gasteiger partial charge >= 0.3 is 12.1 Å². The number of amides is 2. The first-order valence-corrected chi connectivity index (χ1v) is 9.54. The largest absolute Gasteiger partial charge is 0.479 e. The first-order valence-electron chi connectivity index (χ1n) is 9.54. The maximum absolute atomic E-state index is 12.3. The van der Waals surface area contributed by atoms with Gasteiger partial charge in [-0.2, -0.15) is 0 Å². The summed E-state index contributed by atoms with van der Waals surface area (Å²) in [7, 11) is 1.51. The highest BCUT2D eigenvalue weighted by atomic mass is 16.6. The lowest BCUT2D eigenvalue weighted by Gasteiger charge is -2.33. The molecule has 1 rings (SSSR count). The number of carboxylic acids is 1. The van der Waals surface area contributed by atoms with Gasteiger partial charge in [0, 0.05) is 26.6 Å². The molecule has 1 saturated heterocycles. The molecule has 2 amide bonds. The maximum Gasteiger partial charge on any atom is 0.410 e. The van der Waals surface area contributed by atoms with E-state index < -0.39 is 17.6 Å². The van der Waals surface area contributed by atoms with E-state index in [1.807, 2.05) is 20.8 Å². The van der Waals surface area contributed by atoms with Gasteiger partial charge in [0.15, 0.2) is 0 Å². The fraction of sp³-hybridized carbons (Fsp3) is 0.750. The summed E-state index contributed by atoms with van der Waals surface area (Å²) < 4.78 is 5.39. The van der Waals surface area contributed by atoms with E-state index in [0.717, 1.165) is 19.3 Å². The van der Waals surface area contributed by atoms with Gasteiger partial charge in [-0.25, -0.2) is 9.59 Å². The normalized spacial score (nSPS) is 16.6. The number of hydrogen-bond donors (Lipinski definition) is 1. The summed E-state index contributed by atoms with van der Waals surface area (Å²) in [5.41, 5.74) is -0.0503. The molecule has 154 valence electrons. The quantitative estimate of drug-likeness (QED) is 0.683. The summed E-state index contributed by atoms with van der Waals surface area (Å²) in [5, 5.41) is 9.24. The minimum atomic E-state index is -1.06. The predicted molar refractivity (Wildman–Crippen MR) is 103 cm³/mol. The van der Waals surface area contributed by atoms with E-state index in [0.29, 0.717) is 37.4 Å². The molecule has 0 spiro atoms. The Kier molecular flexibility index (Phi) is 8.31. The average molecular weight is 383 g/mol. The number of nitrogens with zero attached hydrogens (tertiary/aromatic N) is 2. The first-order chi connectivity index (χ1) is 12.4. The van der Waals surface area contributed by atoms with Gasteiger partial charge in [0.25, 0.3) is 0 Å². The van der Waals surface area contributed by atoms with Crippen molar-refractivity contribution in [2.45, 2.75) is 71.4 Å². The van der Waals surface area contributed by atoms with Gasteiger partial charge in [-0.15, -0.1) is 0 Å². The Morgan fingerprint density at radius 3 is 2.26 bits per heavy atom. The van der Waals surface area contributed by atoms with Crippen LogP contribution in [-0.4, -0.2) is 64.7 Å². The number of likely N-dealkylation sites (tertiary alicyclic amines) is 1. The number of carbonyl (C=O) groups excluding carboxylic acids is 2. The highest BCUT2D eigenvalue weighted by Crippen LogP contribution is 2.24. The lowest BCUT2D eigenvalue weighted by Crippen LogP contribution is -2.43. The predicted octanol–water partition coefficient (Wildman–Crippen LogP) is 3.29. The summed E-state index contributed by atoms with van der Waals surface area (Å²) >= 11 is 0. The molecule has 0 aliphatic carbocycles. The van der Waals surface area contributed by atoms with Gasteiger partial charge in [0.1, 0.15) is 11.6 Å². The highest BCUT2D eigenvalue weighted by Gasteiger charge is 2.28. The van der Waals surface area contributed by atoms with Crippen LogP contribution in [0.1, 0.15) is 59.8 Å². The van der Waals surface area contributed by atoms with E-state index in [-0.39, 0.29) is 12.0 Å². The van der Waals surface area contributed by atoms with E-state index >= 15 is 0 Å². The Morgan fingerprint density at radius 1 is 1.26 bits per heavy atom. The maximum atomic E-state index is 12.3. The van der Waals surface area contributed by atoms with Crippen molar-refractivity contribution in [3.8, 4) is 0 Å². The Hall–Kier alpha value is -2.05. The molecular weight excluding hydrogens is 348 g/mol. The van der Waals surface area contributed by atoms with Crippen molar-refractivity contribution in [2.75, 3.05) is 20.1 Å². The minimum absolute atomic E-state index is 0.184. The third-order valence-electron chi connectivity index (χ3n) is 4.75. The molecule has 1 N–H and O–H groups in total.